The molecule has 2 aliphatic rings. The average molecular weight is 438 g/mol. The Balaban J connectivity index is 1.41. The van der Waals surface area contributed by atoms with Crippen LogP contribution in [-0.4, -0.2) is 12.5 Å². The molecule has 0 radical (unpaired) electrons. The van der Waals surface area contributed by atoms with Crippen LogP contribution in [0.15, 0.2) is 42.5 Å². The first kappa shape index (κ1) is 21.0. The number of benzene rings is 2. The predicted octanol–water partition coefficient (Wildman–Crippen LogP) is 6.45. The largest absolute Gasteiger partial charge is 0.492 e. The second-order valence-corrected chi connectivity index (χ2v) is 8.84. The molecule has 0 unspecified atom stereocenters. The fourth-order valence-corrected chi connectivity index (χ4v) is 4.79. The summed E-state index contributed by atoms with van der Waals surface area (Å²) < 4.78 is 44.6. The molecule has 4 rings (SSSR count). The number of amides is 1. The molecule has 1 aliphatic carbocycles. The Labute approximate surface area is 178 Å². The lowest BCUT2D eigenvalue weighted by Gasteiger charge is -2.38. The Morgan fingerprint density at radius 1 is 1.17 bits per heavy atom. The Bertz CT molecular complexity index is 934. The number of anilines is 1. The molecule has 1 amide bonds. The summed E-state index contributed by atoms with van der Waals surface area (Å²) in [4.78, 5) is 12.7. The first-order valence-corrected chi connectivity index (χ1v) is 10.5. The van der Waals surface area contributed by atoms with Gasteiger partial charge in [0.05, 0.1) is 12.2 Å². The number of rotatable bonds is 3. The Hall–Kier alpha value is -2.21. The van der Waals surface area contributed by atoms with Crippen LogP contribution >= 0.6 is 11.6 Å². The molecule has 1 saturated carbocycles. The van der Waals surface area contributed by atoms with Crippen LogP contribution in [-0.2, 0) is 16.4 Å². The lowest BCUT2D eigenvalue weighted by molar-refractivity contribution is -0.137. The second kappa shape index (κ2) is 7.80. The predicted molar refractivity (Wildman–Crippen MR) is 110 cm³/mol. The number of fused-ring (bicyclic) bond motifs is 2. The zero-order valence-electron chi connectivity index (χ0n) is 16.6. The van der Waals surface area contributed by atoms with Gasteiger partial charge in [-0.05, 0) is 68.0 Å². The molecule has 1 N–H and O–H groups in total. The van der Waals surface area contributed by atoms with E-state index in [1.807, 2.05) is 6.92 Å². The maximum Gasteiger partial charge on any atom is 0.416 e. The van der Waals surface area contributed by atoms with Crippen molar-refractivity contribution in [2.24, 2.45) is 11.8 Å². The summed E-state index contributed by atoms with van der Waals surface area (Å²) in [6.45, 7) is 2.34. The maximum atomic E-state index is 13.0. The van der Waals surface area contributed by atoms with Crippen LogP contribution in [0.4, 0.5) is 18.9 Å². The topological polar surface area (TPSA) is 38.3 Å². The molecule has 3 nitrogen and oxygen atoms in total. The van der Waals surface area contributed by atoms with Gasteiger partial charge >= 0.3 is 6.18 Å². The molecule has 30 heavy (non-hydrogen) atoms. The SMILES string of the molecule is C[C@@H](C(=O)Nc1ccc(Cl)cc1)[C@H]1CC[C@@]2(CC1)COc1cc(C(F)(F)F)ccc12. The summed E-state index contributed by atoms with van der Waals surface area (Å²) in [7, 11) is 0. The minimum Gasteiger partial charge on any atom is -0.492 e. The summed E-state index contributed by atoms with van der Waals surface area (Å²) in [5.74, 6) is 0.377. The van der Waals surface area contributed by atoms with Crippen molar-refractivity contribution in [3.63, 3.8) is 0 Å². The summed E-state index contributed by atoms with van der Waals surface area (Å²) in [6.07, 6.45) is -1.11. The van der Waals surface area contributed by atoms with Crippen LogP contribution < -0.4 is 10.1 Å². The Kier molecular flexibility index (Phi) is 5.47. The van der Waals surface area contributed by atoms with Crippen LogP contribution in [0.1, 0.15) is 43.7 Å². The van der Waals surface area contributed by atoms with E-state index < -0.39 is 11.7 Å². The Morgan fingerprint density at radius 3 is 2.47 bits per heavy atom. The molecule has 0 bridgehead atoms. The smallest absolute Gasteiger partial charge is 0.416 e. The van der Waals surface area contributed by atoms with Gasteiger partial charge in [-0.25, -0.2) is 0 Å². The van der Waals surface area contributed by atoms with Crippen molar-refractivity contribution in [3.05, 3.63) is 58.6 Å². The van der Waals surface area contributed by atoms with Crippen molar-refractivity contribution < 1.29 is 22.7 Å². The van der Waals surface area contributed by atoms with Crippen LogP contribution in [0.25, 0.3) is 0 Å². The highest BCUT2D eigenvalue weighted by atomic mass is 35.5. The van der Waals surface area contributed by atoms with Crippen LogP contribution in [0.3, 0.4) is 0 Å². The number of halogens is 4. The van der Waals surface area contributed by atoms with Gasteiger partial charge in [0.2, 0.25) is 5.91 Å². The highest BCUT2D eigenvalue weighted by Gasteiger charge is 2.45. The average Bonchev–Trinajstić information content (AvgIpc) is 3.07. The molecular weight excluding hydrogens is 415 g/mol. The number of hydrogen-bond acceptors (Lipinski definition) is 2. The van der Waals surface area contributed by atoms with Gasteiger partial charge in [0.1, 0.15) is 5.75 Å². The number of nitrogens with one attached hydrogen (secondary N) is 1. The monoisotopic (exact) mass is 437 g/mol. The lowest BCUT2D eigenvalue weighted by Crippen LogP contribution is -2.37. The van der Waals surface area contributed by atoms with Gasteiger partial charge in [0.15, 0.2) is 0 Å². The van der Waals surface area contributed by atoms with E-state index in [0.717, 1.165) is 43.4 Å². The van der Waals surface area contributed by atoms with Crippen LogP contribution in [0.5, 0.6) is 5.75 Å². The van der Waals surface area contributed by atoms with E-state index in [1.165, 1.54) is 0 Å². The van der Waals surface area contributed by atoms with Crippen molar-refractivity contribution in [3.8, 4) is 5.75 Å². The number of ether oxygens (including phenoxy) is 1. The van der Waals surface area contributed by atoms with Gasteiger partial charge in [0.25, 0.3) is 0 Å². The van der Waals surface area contributed by atoms with Gasteiger partial charge in [-0.3, -0.25) is 4.79 Å². The summed E-state index contributed by atoms with van der Waals surface area (Å²) in [5.41, 5.74) is 0.649. The van der Waals surface area contributed by atoms with Crippen molar-refractivity contribution in [2.75, 3.05) is 11.9 Å². The number of alkyl halides is 3. The fraction of sp³-hybridized carbons (Fsp3) is 0.435. The van der Waals surface area contributed by atoms with Gasteiger partial charge < -0.3 is 10.1 Å². The molecule has 1 aliphatic heterocycles. The van der Waals surface area contributed by atoms with Gasteiger partial charge in [-0.1, -0.05) is 24.6 Å². The van der Waals surface area contributed by atoms with E-state index in [4.69, 9.17) is 16.3 Å². The van der Waals surface area contributed by atoms with E-state index in [1.54, 1.807) is 30.3 Å². The molecule has 1 fully saturated rings. The molecule has 2 aromatic rings. The van der Waals surface area contributed by atoms with Crippen LogP contribution in [0, 0.1) is 11.8 Å². The molecule has 0 aromatic heterocycles. The van der Waals surface area contributed by atoms with Crippen molar-refractivity contribution in [1.29, 1.82) is 0 Å². The van der Waals surface area contributed by atoms with E-state index in [9.17, 15) is 18.0 Å². The first-order valence-electron chi connectivity index (χ1n) is 10.1. The standard InChI is InChI=1S/C23H23ClF3NO2/c1-14(21(29)28-18-5-3-17(24)4-6-18)15-8-10-22(11-9-15)13-30-20-12-16(23(25,26)27)2-7-19(20)22/h2-7,12,14-15H,8-11,13H2,1H3,(H,28,29)/t14-,15-,22+/m1/s1. The molecule has 1 heterocycles. The molecule has 1 spiro atoms. The summed E-state index contributed by atoms with van der Waals surface area (Å²) in [5, 5.41) is 3.55. The third kappa shape index (κ3) is 4.02. The normalized spacial score (nSPS) is 24.2. The molecule has 160 valence electrons. The Morgan fingerprint density at radius 2 is 1.83 bits per heavy atom. The zero-order chi connectivity index (χ0) is 21.5. The van der Waals surface area contributed by atoms with Gasteiger partial charge in [-0.2, -0.15) is 13.2 Å². The highest BCUT2D eigenvalue weighted by molar-refractivity contribution is 6.30. The minimum absolute atomic E-state index is 0.0313. The maximum absolute atomic E-state index is 13.0. The van der Waals surface area contributed by atoms with E-state index in [0.29, 0.717) is 23.1 Å². The van der Waals surface area contributed by atoms with Crippen molar-refractivity contribution >= 4 is 23.2 Å². The molecule has 2 aromatic carbocycles. The number of carbonyl (C=O) groups excluding carboxylic acids is 1. The third-order valence-electron chi connectivity index (χ3n) is 6.60. The van der Waals surface area contributed by atoms with Gasteiger partial charge in [-0.15, -0.1) is 0 Å². The molecule has 1 atom stereocenters. The van der Waals surface area contributed by atoms with Crippen molar-refractivity contribution in [1.82, 2.24) is 0 Å². The lowest BCUT2D eigenvalue weighted by atomic mass is 9.65. The zero-order valence-corrected chi connectivity index (χ0v) is 17.3. The summed E-state index contributed by atoms with van der Waals surface area (Å²) >= 11 is 5.88. The van der Waals surface area contributed by atoms with E-state index in [-0.39, 0.29) is 23.2 Å². The first-order chi connectivity index (χ1) is 14.2. The summed E-state index contributed by atoms with van der Waals surface area (Å²) in [6, 6.07) is 10.8. The second-order valence-electron chi connectivity index (χ2n) is 8.40. The van der Waals surface area contributed by atoms with Crippen molar-refractivity contribution in [2.45, 2.75) is 44.2 Å². The third-order valence-corrected chi connectivity index (χ3v) is 6.86. The highest BCUT2D eigenvalue weighted by Crippen LogP contribution is 2.51. The fourth-order valence-electron chi connectivity index (χ4n) is 4.66. The molecular formula is C23H23ClF3NO2. The van der Waals surface area contributed by atoms with Gasteiger partial charge in [0, 0.05) is 27.6 Å². The number of hydrogen-bond donors (Lipinski definition) is 1. The quantitative estimate of drug-likeness (QED) is 0.598. The van der Waals surface area contributed by atoms with E-state index >= 15 is 0 Å². The molecule has 0 saturated heterocycles. The van der Waals surface area contributed by atoms with Crippen LogP contribution in [0.2, 0.25) is 5.02 Å². The number of carbonyl (C=O) groups is 1. The molecule has 7 heteroatoms. The van der Waals surface area contributed by atoms with E-state index in [2.05, 4.69) is 5.32 Å². The minimum atomic E-state index is -4.38.